The van der Waals surface area contributed by atoms with Crippen LogP contribution in [0.5, 0.6) is 0 Å². The molecular formula is C9H15N. The fourth-order valence-electron chi connectivity index (χ4n) is 1.78. The maximum Gasteiger partial charge on any atom is 0.221 e. The van der Waals surface area contributed by atoms with Gasteiger partial charge in [-0.05, 0) is 5.92 Å². The monoisotopic (exact) mass is 137 g/mol. The van der Waals surface area contributed by atoms with Crippen molar-refractivity contribution in [2.24, 2.45) is 5.92 Å². The summed E-state index contributed by atoms with van der Waals surface area (Å²) in [5.41, 5.74) is 0. The Morgan fingerprint density at radius 1 is 1.50 bits per heavy atom. The van der Waals surface area contributed by atoms with Crippen LogP contribution in [0, 0.1) is 12.5 Å². The highest BCUT2D eigenvalue weighted by Gasteiger charge is 2.19. The predicted molar refractivity (Wildman–Crippen MR) is 42.6 cm³/mol. The summed E-state index contributed by atoms with van der Waals surface area (Å²) in [5.74, 6) is 0.879. The van der Waals surface area contributed by atoms with Crippen LogP contribution in [0.25, 0.3) is 4.85 Å². The Labute approximate surface area is 63.3 Å². The zero-order valence-corrected chi connectivity index (χ0v) is 6.64. The standard InChI is InChI=1S/C9H15N/c1-8(10-2)7-9-5-3-4-6-9/h8-9H,3-7H2,1H3. The highest BCUT2D eigenvalue weighted by atomic mass is 14.7. The molecule has 0 spiro atoms. The normalized spacial score (nSPS) is 22.4. The van der Waals surface area contributed by atoms with Crippen LogP contribution in [0.2, 0.25) is 0 Å². The molecule has 56 valence electrons. The molecule has 0 radical (unpaired) electrons. The second-order valence-electron chi connectivity index (χ2n) is 3.36. The van der Waals surface area contributed by atoms with Gasteiger partial charge in [-0.3, -0.25) is 0 Å². The first-order chi connectivity index (χ1) is 4.83. The highest BCUT2D eigenvalue weighted by molar-refractivity contribution is 4.79. The van der Waals surface area contributed by atoms with Gasteiger partial charge in [-0.1, -0.05) is 25.7 Å². The molecule has 1 rings (SSSR count). The van der Waals surface area contributed by atoms with Gasteiger partial charge in [0.25, 0.3) is 0 Å². The zero-order chi connectivity index (χ0) is 7.40. The average molecular weight is 137 g/mol. The molecule has 1 aliphatic rings. The first-order valence-electron chi connectivity index (χ1n) is 4.19. The molecule has 0 saturated heterocycles. The fraction of sp³-hybridized carbons (Fsp3) is 0.889. The van der Waals surface area contributed by atoms with Gasteiger partial charge < -0.3 is 4.85 Å². The van der Waals surface area contributed by atoms with Crippen molar-refractivity contribution in [3.05, 3.63) is 11.4 Å². The Bertz CT molecular complexity index is 128. The van der Waals surface area contributed by atoms with E-state index in [9.17, 15) is 0 Å². The van der Waals surface area contributed by atoms with E-state index in [1.807, 2.05) is 6.92 Å². The molecule has 0 N–H and O–H groups in total. The topological polar surface area (TPSA) is 4.36 Å². The van der Waals surface area contributed by atoms with Crippen molar-refractivity contribution in [1.82, 2.24) is 0 Å². The first-order valence-corrected chi connectivity index (χ1v) is 4.19. The quantitative estimate of drug-likeness (QED) is 0.515. The average Bonchev–Trinajstić information content (AvgIpc) is 2.40. The summed E-state index contributed by atoms with van der Waals surface area (Å²) in [6, 6.07) is 0.267. The van der Waals surface area contributed by atoms with E-state index in [4.69, 9.17) is 6.57 Å². The van der Waals surface area contributed by atoms with Gasteiger partial charge >= 0.3 is 0 Å². The second kappa shape index (κ2) is 3.61. The molecule has 1 fully saturated rings. The minimum absolute atomic E-state index is 0.267. The highest BCUT2D eigenvalue weighted by Crippen LogP contribution is 2.28. The summed E-state index contributed by atoms with van der Waals surface area (Å²) in [5, 5.41) is 0. The fourth-order valence-corrected chi connectivity index (χ4v) is 1.78. The third-order valence-corrected chi connectivity index (χ3v) is 2.37. The van der Waals surface area contributed by atoms with Gasteiger partial charge in [0, 0.05) is 13.3 Å². The Hall–Kier alpha value is -0.510. The van der Waals surface area contributed by atoms with Gasteiger partial charge in [-0.25, -0.2) is 6.57 Å². The zero-order valence-electron chi connectivity index (χ0n) is 6.64. The molecule has 0 aromatic rings. The molecule has 0 aromatic carbocycles. The number of hydrogen-bond donors (Lipinski definition) is 0. The molecule has 0 aliphatic heterocycles. The third-order valence-electron chi connectivity index (χ3n) is 2.37. The van der Waals surface area contributed by atoms with Crippen molar-refractivity contribution < 1.29 is 0 Å². The van der Waals surface area contributed by atoms with Crippen LogP contribution in [-0.2, 0) is 0 Å². The molecule has 1 saturated carbocycles. The van der Waals surface area contributed by atoms with E-state index < -0.39 is 0 Å². The molecule has 10 heavy (non-hydrogen) atoms. The van der Waals surface area contributed by atoms with Crippen LogP contribution in [-0.4, -0.2) is 6.04 Å². The lowest BCUT2D eigenvalue weighted by atomic mass is 10.00. The largest absolute Gasteiger partial charge is 0.314 e. The van der Waals surface area contributed by atoms with Crippen LogP contribution in [0.4, 0.5) is 0 Å². The van der Waals surface area contributed by atoms with Gasteiger partial charge in [-0.2, -0.15) is 0 Å². The van der Waals surface area contributed by atoms with Crippen molar-refractivity contribution in [2.75, 3.05) is 0 Å². The maximum absolute atomic E-state index is 6.80. The first kappa shape index (κ1) is 7.60. The van der Waals surface area contributed by atoms with Crippen LogP contribution < -0.4 is 0 Å². The van der Waals surface area contributed by atoms with Crippen molar-refractivity contribution in [3.63, 3.8) is 0 Å². The van der Waals surface area contributed by atoms with E-state index in [2.05, 4.69) is 4.85 Å². The molecule has 1 nitrogen and oxygen atoms in total. The van der Waals surface area contributed by atoms with Crippen LogP contribution >= 0.6 is 0 Å². The predicted octanol–water partition coefficient (Wildman–Crippen LogP) is 2.87. The van der Waals surface area contributed by atoms with Crippen molar-refractivity contribution in [1.29, 1.82) is 0 Å². The Kier molecular flexibility index (Phi) is 2.74. The Morgan fingerprint density at radius 3 is 2.60 bits per heavy atom. The summed E-state index contributed by atoms with van der Waals surface area (Å²) in [6.07, 6.45) is 6.69. The molecule has 0 bridgehead atoms. The van der Waals surface area contributed by atoms with Crippen molar-refractivity contribution in [3.8, 4) is 0 Å². The Balaban J connectivity index is 2.19. The summed E-state index contributed by atoms with van der Waals surface area (Å²) < 4.78 is 0. The summed E-state index contributed by atoms with van der Waals surface area (Å²) >= 11 is 0. The Morgan fingerprint density at radius 2 is 2.10 bits per heavy atom. The molecule has 1 heteroatoms. The van der Waals surface area contributed by atoms with Crippen LogP contribution in [0.1, 0.15) is 39.0 Å². The van der Waals surface area contributed by atoms with Gasteiger partial charge in [0.2, 0.25) is 6.04 Å². The summed E-state index contributed by atoms with van der Waals surface area (Å²) in [4.78, 5) is 3.50. The van der Waals surface area contributed by atoms with E-state index in [1.165, 1.54) is 25.7 Å². The molecular weight excluding hydrogens is 122 g/mol. The lowest BCUT2D eigenvalue weighted by molar-refractivity contribution is 0.483. The summed E-state index contributed by atoms with van der Waals surface area (Å²) in [7, 11) is 0. The van der Waals surface area contributed by atoms with Crippen LogP contribution in [0.3, 0.4) is 0 Å². The van der Waals surface area contributed by atoms with Gasteiger partial charge in [0.1, 0.15) is 0 Å². The van der Waals surface area contributed by atoms with Gasteiger partial charge in [-0.15, -0.1) is 0 Å². The van der Waals surface area contributed by atoms with E-state index in [0.717, 1.165) is 12.3 Å². The molecule has 1 unspecified atom stereocenters. The minimum atomic E-state index is 0.267. The van der Waals surface area contributed by atoms with Crippen molar-refractivity contribution >= 4 is 0 Å². The number of rotatable bonds is 2. The number of hydrogen-bond acceptors (Lipinski definition) is 0. The van der Waals surface area contributed by atoms with Gasteiger partial charge in [0.15, 0.2) is 0 Å². The van der Waals surface area contributed by atoms with Crippen LogP contribution in [0.15, 0.2) is 0 Å². The molecule has 1 aliphatic carbocycles. The van der Waals surface area contributed by atoms with E-state index in [1.54, 1.807) is 0 Å². The van der Waals surface area contributed by atoms with Crippen molar-refractivity contribution in [2.45, 2.75) is 45.1 Å². The van der Waals surface area contributed by atoms with Gasteiger partial charge in [0.05, 0.1) is 0 Å². The lowest BCUT2D eigenvalue weighted by Gasteiger charge is -2.05. The summed E-state index contributed by atoms with van der Waals surface area (Å²) in [6.45, 7) is 8.83. The lowest BCUT2D eigenvalue weighted by Crippen LogP contribution is -2.03. The van der Waals surface area contributed by atoms with E-state index >= 15 is 0 Å². The van der Waals surface area contributed by atoms with E-state index in [0.29, 0.717) is 0 Å². The molecule has 0 heterocycles. The maximum atomic E-state index is 6.80. The molecule has 0 amide bonds. The smallest absolute Gasteiger partial charge is 0.221 e. The second-order valence-corrected chi connectivity index (χ2v) is 3.36. The SMILES string of the molecule is [C-]#[N+]C(C)CC1CCCC1. The molecule has 0 aromatic heterocycles. The number of nitrogens with zero attached hydrogens (tertiary/aromatic N) is 1. The van der Waals surface area contributed by atoms with E-state index in [-0.39, 0.29) is 6.04 Å². The third kappa shape index (κ3) is 2.02. The minimum Gasteiger partial charge on any atom is -0.314 e. The molecule has 1 atom stereocenters.